The zero-order valence-electron chi connectivity index (χ0n) is 6.46. The minimum Gasteiger partial charge on any atom is -0.388 e. The third-order valence-electron chi connectivity index (χ3n) is 1.50. The Balaban J connectivity index is 2.65. The first-order valence-electron chi connectivity index (χ1n) is 3.58. The van der Waals surface area contributed by atoms with E-state index in [1.54, 1.807) is 12.1 Å². The van der Waals surface area contributed by atoms with Crippen molar-refractivity contribution in [1.82, 2.24) is 0 Å². The molecule has 0 aromatic heterocycles. The molecular weight excluding hydrogens is 154 g/mol. The lowest BCUT2D eigenvalue weighted by molar-refractivity contribution is 0.187. The van der Waals surface area contributed by atoms with E-state index >= 15 is 0 Å². The predicted octanol–water partition coefficient (Wildman–Crippen LogP) is 2.03. The van der Waals surface area contributed by atoms with Gasteiger partial charge in [-0.2, -0.15) is 0 Å². The summed E-state index contributed by atoms with van der Waals surface area (Å²) in [6, 6.07) is 9.10. The van der Waals surface area contributed by atoms with Crippen LogP contribution in [0.3, 0.4) is 0 Å². The zero-order chi connectivity index (χ0) is 8.81. The smallest absolute Gasteiger partial charge is 0.0846 e. The van der Waals surface area contributed by atoms with Crippen LogP contribution in [0.4, 0.5) is 0 Å². The van der Waals surface area contributed by atoms with Gasteiger partial charge in [0.25, 0.3) is 0 Å². The van der Waals surface area contributed by atoms with Crippen molar-refractivity contribution in [3.63, 3.8) is 0 Å². The maximum absolute atomic E-state index is 9.39. The van der Waals surface area contributed by atoms with Crippen LogP contribution >= 0.6 is 0 Å². The van der Waals surface area contributed by atoms with Gasteiger partial charge in [-0.3, -0.25) is 0 Å². The number of hydrogen-bond acceptors (Lipinski definition) is 2. The van der Waals surface area contributed by atoms with Crippen molar-refractivity contribution in [3.05, 3.63) is 46.3 Å². The molecule has 62 valence electrons. The number of nitrogens with zero attached hydrogens (tertiary/aromatic N) is 3. The molecular formula is C8H9N3O. The van der Waals surface area contributed by atoms with E-state index in [1.165, 1.54) is 0 Å². The van der Waals surface area contributed by atoms with Gasteiger partial charge in [0, 0.05) is 4.91 Å². The third kappa shape index (κ3) is 2.27. The van der Waals surface area contributed by atoms with Crippen LogP contribution in [0.2, 0.25) is 0 Å². The van der Waals surface area contributed by atoms with Crippen LogP contribution in [0, 0.1) is 0 Å². The molecule has 4 heteroatoms. The van der Waals surface area contributed by atoms with Crippen molar-refractivity contribution in [2.75, 3.05) is 6.54 Å². The Kier molecular flexibility index (Phi) is 3.14. The maximum atomic E-state index is 9.39. The molecule has 0 saturated carbocycles. The van der Waals surface area contributed by atoms with Crippen LogP contribution in [-0.4, -0.2) is 11.7 Å². The molecule has 1 unspecified atom stereocenters. The van der Waals surface area contributed by atoms with E-state index in [0.29, 0.717) is 0 Å². The molecule has 1 rings (SSSR count). The standard InChI is InChI=1S/C8H9N3O/c9-11-10-6-8(12)7-4-2-1-3-5-7/h1-5,8,12H,6H2. The lowest BCUT2D eigenvalue weighted by Crippen LogP contribution is -1.99. The molecule has 1 atom stereocenters. The number of hydrogen-bond donors (Lipinski definition) is 1. The maximum Gasteiger partial charge on any atom is 0.0846 e. The Morgan fingerprint density at radius 2 is 2.08 bits per heavy atom. The van der Waals surface area contributed by atoms with Gasteiger partial charge in [-0.15, -0.1) is 0 Å². The Bertz CT molecular complexity index is 280. The van der Waals surface area contributed by atoms with E-state index in [4.69, 9.17) is 5.53 Å². The van der Waals surface area contributed by atoms with Crippen LogP contribution in [0.15, 0.2) is 35.4 Å². The van der Waals surface area contributed by atoms with Gasteiger partial charge >= 0.3 is 0 Å². The SMILES string of the molecule is [N-]=[N+]=NCC(O)c1ccccc1. The topological polar surface area (TPSA) is 69.0 Å². The molecule has 1 aromatic rings. The molecule has 0 radical (unpaired) electrons. The molecule has 0 aliphatic heterocycles. The Morgan fingerprint density at radius 1 is 1.42 bits per heavy atom. The number of rotatable bonds is 3. The van der Waals surface area contributed by atoms with Gasteiger partial charge in [0.2, 0.25) is 0 Å². The van der Waals surface area contributed by atoms with Crippen LogP contribution in [0.1, 0.15) is 11.7 Å². The number of azide groups is 1. The quantitative estimate of drug-likeness (QED) is 0.413. The highest BCUT2D eigenvalue weighted by atomic mass is 16.3. The second-order valence-electron chi connectivity index (χ2n) is 2.34. The fourth-order valence-corrected chi connectivity index (χ4v) is 0.894. The monoisotopic (exact) mass is 163 g/mol. The van der Waals surface area contributed by atoms with Crippen molar-refractivity contribution >= 4 is 0 Å². The second kappa shape index (κ2) is 4.38. The van der Waals surface area contributed by atoms with Gasteiger partial charge < -0.3 is 5.11 Å². The summed E-state index contributed by atoms with van der Waals surface area (Å²) in [5.74, 6) is 0. The van der Waals surface area contributed by atoms with Gasteiger partial charge in [0.1, 0.15) is 0 Å². The fraction of sp³-hybridized carbons (Fsp3) is 0.250. The highest BCUT2D eigenvalue weighted by Crippen LogP contribution is 2.11. The van der Waals surface area contributed by atoms with E-state index in [9.17, 15) is 5.11 Å². The van der Waals surface area contributed by atoms with Crippen molar-refractivity contribution in [2.45, 2.75) is 6.10 Å². The zero-order valence-corrected chi connectivity index (χ0v) is 6.46. The molecule has 0 bridgehead atoms. The first-order valence-corrected chi connectivity index (χ1v) is 3.58. The molecule has 4 nitrogen and oxygen atoms in total. The van der Waals surface area contributed by atoms with Crippen LogP contribution < -0.4 is 0 Å². The summed E-state index contributed by atoms with van der Waals surface area (Å²) in [6.07, 6.45) is -0.693. The average molecular weight is 163 g/mol. The van der Waals surface area contributed by atoms with Gasteiger partial charge in [-0.25, -0.2) is 0 Å². The molecule has 0 aliphatic carbocycles. The number of benzene rings is 1. The van der Waals surface area contributed by atoms with Crippen molar-refractivity contribution in [2.24, 2.45) is 5.11 Å². The van der Waals surface area contributed by atoms with Crippen LogP contribution in [-0.2, 0) is 0 Å². The summed E-state index contributed by atoms with van der Waals surface area (Å²) in [5.41, 5.74) is 8.78. The summed E-state index contributed by atoms with van der Waals surface area (Å²) in [7, 11) is 0. The molecule has 0 amide bonds. The minimum atomic E-state index is -0.693. The highest BCUT2D eigenvalue weighted by Gasteiger charge is 2.03. The van der Waals surface area contributed by atoms with E-state index < -0.39 is 6.10 Å². The van der Waals surface area contributed by atoms with Gasteiger partial charge in [0.15, 0.2) is 0 Å². The summed E-state index contributed by atoms with van der Waals surface area (Å²) in [5, 5.41) is 12.7. The largest absolute Gasteiger partial charge is 0.388 e. The normalized spacial score (nSPS) is 11.8. The van der Waals surface area contributed by atoms with E-state index in [2.05, 4.69) is 10.0 Å². The average Bonchev–Trinajstić information content (AvgIpc) is 2.15. The van der Waals surface area contributed by atoms with E-state index in [1.807, 2.05) is 18.2 Å². The number of aliphatic hydroxyl groups is 1. The van der Waals surface area contributed by atoms with Crippen molar-refractivity contribution < 1.29 is 5.11 Å². The summed E-state index contributed by atoms with van der Waals surface area (Å²) in [4.78, 5) is 2.57. The molecule has 0 saturated heterocycles. The fourth-order valence-electron chi connectivity index (χ4n) is 0.894. The first kappa shape index (κ1) is 8.59. The Labute approximate surface area is 70.1 Å². The lowest BCUT2D eigenvalue weighted by Gasteiger charge is -2.05. The molecule has 0 fully saturated rings. The summed E-state index contributed by atoms with van der Waals surface area (Å²) >= 11 is 0. The molecule has 0 spiro atoms. The van der Waals surface area contributed by atoms with Crippen LogP contribution in [0.25, 0.3) is 10.4 Å². The van der Waals surface area contributed by atoms with Gasteiger partial charge in [0.05, 0.1) is 12.6 Å². The first-order chi connectivity index (χ1) is 5.84. The number of aliphatic hydroxyl groups excluding tert-OH is 1. The summed E-state index contributed by atoms with van der Waals surface area (Å²) < 4.78 is 0. The van der Waals surface area contributed by atoms with E-state index in [0.717, 1.165) is 5.56 Å². The molecule has 0 heterocycles. The lowest BCUT2D eigenvalue weighted by atomic mass is 10.1. The Morgan fingerprint density at radius 3 is 2.67 bits per heavy atom. The third-order valence-corrected chi connectivity index (χ3v) is 1.50. The summed E-state index contributed by atoms with van der Waals surface area (Å²) in [6.45, 7) is 0.0838. The van der Waals surface area contributed by atoms with Crippen molar-refractivity contribution in [3.8, 4) is 0 Å². The van der Waals surface area contributed by atoms with Gasteiger partial charge in [-0.1, -0.05) is 35.4 Å². The Hall–Kier alpha value is -1.51. The van der Waals surface area contributed by atoms with Crippen LogP contribution in [0.5, 0.6) is 0 Å². The molecule has 1 aromatic carbocycles. The molecule has 12 heavy (non-hydrogen) atoms. The second-order valence-corrected chi connectivity index (χ2v) is 2.34. The predicted molar refractivity (Wildman–Crippen MR) is 45.4 cm³/mol. The molecule has 1 N–H and O–H groups in total. The van der Waals surface area contributed by atoms with E-state index in [-0.39, 0.29) is 6.54 Å². The molecule has 0 aliphatic rings. The highest BCUT2D eigenvalue weighted by molar-refractivity contribution is 5.17. The minimum absolute atomic E-state index is 0.0838. The van der Waals surface area contributed by atoms with Gasteiger partial charge in [-0.05, 0) is 11.1 Å². The van der Waals surface area contributed by atoms with Crippen molar-refractivity contribution in [1.29, 1.82) is 0 Å².